The zero-order valence-electron chi connectivity index (χ0n) is 14.1. The zero-order valence-corrected chi connectivity index (χ0v) is 15.7. The van der Waals surface area contributed by atoms with Crippen LogP contribution in [0.5, 0.6) is 11.5 Å². The molecule has 7 heteroatoms. The van der Waals surface area contributed by atoms with Crippen molar-refractivity contribution in [1.29, 1.82) is 0 Å². The lowest BCUT2D eigenvalue weighted by Crippen LogP contribution is -2.37. The van der Waals surface area contributed by atoms with Gasteiger partial charge >= 0.3 is 5.97 Å². The van der Waals surface area contributed by atoms with Crippen molar-refractivity contribution in [3.8, 4) is 11.5 Å². The van der Waals surface area contributed by atoms with Gasteiger partial charge in [0.25, 0.3) is 0 Å². The molecule has 1 amide bonds. The molecule has 2 aromatic carbocycles. The number of hydrogen-bond acceptors (Lipinski definition) is 5. The van der Waals surface area contributed by atoms with Crippen LogP contribution in [-0.2, 0) is 14.3 Å². The maximum Gasteiger partial charge on any atom is 0.336 e. The number of hydrogen-bond donors (Lipinski definition) is 0. The minimum atomic E-state index is -0.375. The second-order valence-electron chi connectivity index (χ2n) is 6.51. The molecule has 0 fully saturated rings. The summed E-state index contributed by atoms with van der Waals surface area (Å²) in [5.41, 5.74) is 2.70. The number of cyclic esters (lactones) is 1. The first-order chi connectivity index (χ1) is 13.1. The lowest BCUT2D eigenvalue weighted by Gasteiger charge is -2.32. The van der Waals surface area contributed by atoms with E-state index in [4.69, 9.17) is 14.2 Å². The summed E-state index contributed by atoms with van der Waals surface area (Å²) in [4.78, 5) is 27.1. The normalized spacial score (nSPS) is 20.8. The van der Waals surface area contributed by atoms with Gasteiger partial charge in [0.05, 0.1) is 11.3 Å². The fourth-order valence-electron chi connectivity index (χ4n) is 3.78. The molecule has 3 aliphatic rings. The number of halogens is 1. The van der Waals surface area contributed by atoms with Gasteiger partial charge in [-0.3, -0.25) is 9.69 Å². The van der Waals surface area contributed by atoms with Crippen LogP contribution in [0, 0.1) is 0 Å². The second kappa shape index (κ2) is 6.13. The molecule has 6 nitrogen and oxygen atoms in total. The molecular weight excluding hydrogens is 414 g/mol. The fraction of sp³-hybridized carbons (Fsp3) is 0.200. The van der Waals surface area contributed by atoms with Gasteiger partial charge in [-0.2, -0.15) is 0 Å². The van der Waals surface area contributed by atoms with E-state index in [1.807, 2.05) is 42.5 Å². The van der Waals surface area contributed by atoms with E-state index in [-0.39, 0.29) is 37.6 Å². The Morgan fingerprint density at radius 3 is 2.70 bits per heavy atom. The molecule has 1 atom stereocenters. The van der Waals surface area contributed by atoms with Gasteiger partial charge in [-0.1, -0.05) is 28.1 Å². The number of fused-ring (bicyclic) bond motifs is 1. The average Bonchev–Trinajstić information content (AvgIpc) is 3.27. The molecule has 27 heavy (non-hydrogen) atoms. The summed E-state index contributed by atoms with van der Waals surface area (Å²) in [6, 6.07) is 13.0. The van der Waals surface area contributed by atoms with Gasteiger partial charge in [0.2, 0.25) is 12.7 Å². The van der Waals surface area contributed by atoms with Crippen molar-refractivity contribution >= 4 is 33.5 Å². The van der Waals surface area contributed by atoms with E-state index in [2.05, 4.69) is 15.9 Å². The number of ether oxygens (including phenoxy) is 3. The fourth-order valence-corrected chi connectivity index (χ4v) is 4.17. The summed E-state index contributed by atoms with van der Waals surface area (Å²) in [5, 5.41) is 0. The number of carbonyl (C=O) groups is 2. The Labute approximate surface area is 163 Å². The minimum absolute atomic E-state index is 0.0761. The molecule has 0 radical (unpaired) electrons. The van der Waals surface area contributed by atoms with Crippen molar-refractivity contribution in [1.82, 2.24) is 0 Å². The SMILES string of the molecule is O=C1OCC2=C1[C@@H](c1ccc3c(c1)OCO3)CC(=O)N2c1cccc(Br)c1. The highest BCUT2D eigenvalue weighted by Gasteiger charge is 2.43. The Morgan fingerprint density at radius 1 is 1.00 bits per heavy atom. The van der Waals surface area contributed by atoms with E-state index in [1.54, 1.807) is 4.90 Å². The second-order valence-corrected chi connectivity index (χ2v) is 7.43. The Morgan fingerprint density at radius 2 is 1.85 bits per heavy atom. The van der Waals surface area contributed by atoms with Gasteiger partial charge < -0.3 is 14.2 Å². The third-order valence-electron chi connectivity index (χ3n) is 4.98. The summed E-state index contributed by atoms with van der Waals surface area (Å²) in [6.45, 7) is 0.266. The quantitative estimate of drug-likeness (QED) is 0.686. The van der Waals surface area contributed by atoms with E-state index in [9.17, 15) is 9.59 Å². The third kappa shape index (κ3) is 2.61. The molecule has 0 saturated heterocycles. The average molecular weight is 428 g/mol. The first-order valence-electron chi connectivity index (χ1n) is 8.50. The third-order valence-corrected chi connectivity index (χ3v) is 5.48. The van der Waals surface area contributed by atoms with E-state index >= 15 is 0 Å². The molecule has 5 rings (SSSR count). The van der Waals surface area contributed by atoms with Crippen LogP contribution < -0.4 is 14.4 Å². The number of esters is 1. The summed E-state index contributed by atoms with van der Waals surface area (Å²) in [7, 11) is 0. The summed E-state index contributed by atoms with van der Waals surface area (Å²) < 4.78 is 17.0. The smallest absolute Gasteiger partial charge is 0.336 e. The van der Waals surface area contributed by atoms with Crippen LogP contribution in [0.3, 0.4) is 0 Å². The van der Waals surface area contributed by atoms with Crippen LogP contribution in [-0.4, -0.2) is 25.3 Å². The van der Waals surface area contributed by atoms with Gasteiger partial charge in [0.15, 0.2) is 11.5 Å². The standard InChI is InChI=1S/C20H14BrNO5/c21-12-2-1-3-13(7-12)22-15-9-25-20(24)19(15)14(8-18(22)23)11-4-5-16-17(6-11)27-10-26-16/h1-7,14H,8-10H2/t14-/m1/s1. The molecular formula is C20H14BrNO5. The van der Waals surface area contributed by atoms with Crippen molar-refractivity contribution in [3.05, 3.63) is 63.8 Å². The Hall–Kier alpha value is -2.80. The molecule has 2 aromatic rings. The Bertz CT molecular complexity index is 1020. The van der Waals surface area contributed by atoms with Crippen molar-refractivity contribution in [3.63, 3.8) is 0 Å². The van der Waals surface area contributed by atoms with Gasteiger partial charge in [-0.25, -0.2) is 4.79 Å². The molecule has 0 bridgehead atoms. The van der Waals surface area contributed by atoms with E-state index in [0.29, 0.717) is 28.5 Å². The van der Waals surface area contributed by atoms with Gasteiger partial charge in [0.1, 0.15) is 6.61 Å². The van der Waals surface area contributed by atoms with Crippen LogP contribution in [0.25, 0.3) is 0 Å². The number of amides is 1. The van der Waals surface area contributed by atoms with Crippen LogP contribution >= 0.6 is 15.9 Å². The topological polar surface area (TPSA) is 65.1 Å². The van der Waals surface area contributed by atoms with Crippen molar-refractivity contribution in [2.75, 3.05) is 18.3 Å². The van der Waals surface area contributed by atoms with E-state index < -0.39 is 0 Å². The zero-order chi connectivity index (χ0) is 18.5. The summed E-state index contributed by atoms with van der Waals surface area (Å²) in [6.07, 6.45) is 0.181. The lowest BCUT2D eigenvalue weighted by atomic mass is 9.84. The van der Waals surface area contributed by atoms with Crippen LogP contribution in [0.1, 0.15) is 17.9 Å². The largest absolute Gasteiger partial charge is 0.456 e. The predicted octanol–water partition coefficient (Wildman–Crippen LogP) is 3.51. The first kappa shape index (κ1) is 16.4. The van der Waals surface area contributed by atoms with Crippen molar-refractivity contribution in [2.24, 2.45) is 0 Å². The van der Waals surface area contributed by atoms with Crippen LogP contribution in [0.15, 0.2) is 58.2 Å². The number of benzene rings is 2. The molecule has 0 saturated carbocycles. The highest BCUT2D eigenvalue weighted by Crippen LogP contribution is 2.44. The molecule has 0 aromatic heterocycles. The van der Waals surface area contributed by atoms with Gasteiger partial charge in [-0.15, -0.1) is 0 Å². The maximum atomic E-state index is 13.0. The number of carbonyl (C=O) groups excluding carboxylic acids is 2. The molecule has 0 N–H and O–H groups in total. The maximum absolute atomic E-state index is 13.0. The summed E-state index contributed by atoms with van der Waals surface area (Å²) >= 11 is 3.43. The van der Waals surface area contributed by atoms with Crippen LogP contribution in [0.2, 0.25) is 0 Å². The number of rotatable bonds is 2. The molecule has 136 valence electrons. The Kier molecular flexibility index (Phi) is 3.72. The Balaban J connectivity index is 1.61. The summed E-state index contributed by atoms with van der Waals surface area (Å²) in [5.74, 6) is 0.483. The monoisotopic (exact) mass is 427 g/mol. The highest BCUT2D eigenvalue weighted by atomic mass is 79.9. The van der Waals surface area contributed by atoms with E-state index in [0.717, 1.165) is 10.0 Å². The van der Waals surface area contributed by atoms with E-state index in [1.165, 1.54) is 0 Å². The molecule has 0 unspecified atom stereocenters. The van der Waals surface area contributed by atoms with Crippen molar-refractivity contribution < 1.29 is 23.8 Å². The van der Waals surface area contributed by atoms with Gasteiger partial charge in [0, 0.05) is 22.5 Å². The van der Waals surface area contributed by atoms with Crippen LogP contribution in [0.4, 0.5) is 5.69 Å². The highest BCUT2D eigenvalue weighted by molar-refractivity contribution is 9.10. The minimum Gasteiger partial charge on any atom is -0.456 e. The number of anilines is 1. The van der Waals surface area contributed by atoms with Crippen molar-refractivity contribution in [2.45, 2.75) is 12.3 Å². The predicted molar refractivity (Wildman–Crippen MR) is 99.5 cm³/mol. The molecule has 3 heterocycles. The molecule has 3 aliphatic heterocycles. The molecule has 0 spiro atoms. The first-order valence-corrected chi connectivity index (χ1v) is 9.29. The lowest BCUT2D eigenvalue weighted by molar-refractivity contribution is -0.136. The molecule has 0 aliphatic carbocycles. The van der Waals surface area contributed by atoms with Gasteiger partial charge in [-0.05, 0) is 35.9 Å². The number of nitrogens with zero attached hydrogens (tertiary/aromatic N) is 1.